The van der Waals surface area contributed by atoms with Gasteiger partial charge in [0.2, 0.25) is 5.91 Å². The van der Waals surface area contributed by atoms with Crippen molar-refractivity contribution in [2.45, 2.75) is 38.5 Å². The zero-order valence-corrected chi connectivity index (χ0v) is 17.8. The van der Waals surface area contributed by atoms with Crippen LogP contribution in [0.5, 0.6) is 0 Å². The molecule has 0 atom stereocenters. The topological polar surface area (TPSA) is 96.0 Å². The number of hydrogen-bond acceptors (Lipinski definition) is 5. The van der Waals surface area contributed by atoms with Gasteiger partial charge in [0.05, 0.1) is 5.69 Å². The maximum Gasteiger partial charge on any atom is 0.325 e. The van der Waals surface area contributed by atoms with E-state index in [1.165, 1.54) is 24.3 Å². The van der Waals surface area contributed by atoms with Crippen LogP contribution < -0.4 is 16.0 Å². The fourth-order valence-electron chi connectivity index (χ4n) is 3.19. The number of pyridine rings is 1. The van der Waals surface area contributed by atoms with Crippen LogP contribution in [0.25, 0.3) is 0 Å². The van der Waals surface area contributed by atoms with Crippen molar-refractivity contribution in [1.29, 1.82) is 0 Å². The Morgan fingerprint density at radius 2 is 1.94 bits per heavy atom. The number of carbonyl (C=O) groups is 2. The minimum absolute atomic E-state index is 0.166. The van der Waals surface area contributed by atoms with Gasteiger partial charge in [-0.15, -0.1) is 11.3 Å². The zero-order valence-electron chi connectivity index (χ0n) is 16.9. The van der Waals surface area contributed by atoms with Gasteiger partial charge in [-0.1, -0.05) is 6.07 Å². The monoisotopic (exact) mass is 439 g/mol. The molecule has 0 aliphatic heterocycles. The first-order valence-electron chi connectivity index (χ1n) is 10.0. The number of thiazole rings is 1. The van der Waals surface area contributed by atoms with E-state index in [4.69, 9.17) is 0 Å². The standard InChI is InChI=1S/C22H22FN5O2S/c1-13(29)26-20-10-14(8-9-24-20)2-6-17-12-25-22(31-17)28-21(30)27-19-11-16(15-3-4-15)5-7-18(19)23/h5,7-12,15H,2-4,6H2,1H3,(H,24,26,29)(H2,25,27,28,30). The Balaban J connectivity index is 1.31. The van der Waals surface area contributed by atoms with Crippen molar-refractivity contribution in [2.24, 2.45) is 0 Å². The molecule has 0 radical (unpaired) electrons. The highest BCUT2D eigenvalue weighted by molar-refractivity contribution is 7.15. The number of urea groups is 1. The molecule has 1 aliphatic carbocycles. The highest BCUT2D eigenvalue weighted by atomic mass is 32.1. The van der Waals surface area contributed by atoms with E-state index in [-0.39, 0.29) is 11.6 Å². The van der Waals surface area contributed by atoms with Crippen molar-refractivity contribution >= 4 is 39.9 Å². The number of aromatic nitrogens is 2. The van der Waals surface area contributed by atoms with Crippen molar-refractivity contribution in [3.8, 4) is 0 Å². The molecule has 2 aromatic heterocycles. The van der Waals surface area contributed by atoms with Crippen LogP contribution in [0.3, 0.4) is 0 Å². The van der Waals surface area contributed by atoms with Crippen molar-refractivity contribution in [2.75, 3.05) is 16.0 Å². The summed E-state index contributed by atoms with van der Waals surface area (Å²) in [7, 11) is 0. The second-order valence-corrected chi connectivity index (χ2v) is 8.57. The molecule has 3 aromatic rings. The van der Waals surface area contributed by atoms with Crippen molar-refractivity contribution < 1.29 is 14.0 Å². The molecular formula is C22H22FN5O2S. The molecule has 1 fully saturated rings. The number of amides is 3. The maximum absolute atomic E-state index is 14.0. The summed E-state index contributed by atoms with van der Waals surface area (Å²) < 4.78 is 14.0. The molecule has 3 N–H and O–H groups in total. The van der Waals surface area contributed by atoms with E-state index < -0.39 is 11.8 Å². The molecule has 7 nitrogen and oxygen atoms in total. The molecule has 1 aromatic carbocycles. The highest BCUT2D eigenvalue weighted by Gasteiger charge is 2.24. The molecule has 1 saturated carbocycles. The summed E-state index contributed by atoms with van der Waals surface area (Å²) in [4.78, 5) is 32.8. The summed E-state index contributed by atoms with van der Waals surface area (Å²) in [5.74, 6) is 0.363. The second-order valence-electron chi connectivity index (χ2n) is 7.45. The van der Waals surface area contributed by atoms with E-state index in [1.807, 2.05) is 12.1 Å². The van der Waals surface area contributed by atoms with E-state index >= 15 is 0 Å². The lowest BCUT2D eigenvalue weighted by atomic mass is 10.1. The first-order chi connectivity index (χ1) is 15.0. The number of hydrogen-bond donors (Lipinski definition) is 3. The lowest BCUT2D eigenvalue weighted by molar-refractivity contribution is -0.114. The predicted molar refractivity (Wildman–Crippen MR) is 119 cm³/mol. The van der Waals surface area contributed by atoms with Gasteiger partial charge >= 0.3 is 6.03 Å². The van der Waals surface area contributed by atoms with E-state index in [1.54, 1.807) is 24.5 Å². The van der Waals surface area contributed by atoms with Gasteiger partial charge in [-0.2, -0.15) is 0 Å². The van der Waals surface area contributed by atoms with Gasteiger partial charge in [0, 0.05) is 24.2 Å². The number of carbonyl (C=O) groups excluding carboxylic acids is 2. The Morgan fingerprint density at radius 1 is 1.10 bits per heavy atom. The minimum atomic E-state index is -0.526. The van der Waals surface area contributed by atoms with Crippen molar-refractivity contribution in [1.82, 2.24) is 9.97 Å². The number of benzene rings is 1. The molecule has 31 heavy (non-hydrogen) atoms. The van der Waals surface area contributed by atoms with Crippen molar-refractivity contribution in [3.05, 3.63) is 64.5 Å². The first-order valence-corrected chi connectivity index (χ1v) is 10.8. The molecule has 4 rings (SSSR count). The van der Waals surface area contributed by atoms with Crippen LogP contribution in [0, 0.1) is 5.82 Å². The van der Waals surface area contributed by atoms with Crippen LogP contribution in [0.1, 0.15) is 41.7 Å². The third-order valence-corrected chi connectivity index (χ3v) is 5.82. The Morgan fingerprint density at radius 3 is 2.71 bits per heavy atom. The Hall–Kier alpha value is -3.33. The first kappa shape index (κ1) is 20.9. The van der Waals surface area contributed by atoms with Crippen LogP contribution >= 0.6 is 11.3 Å². The normalized spacial score (nSPS) is 13.0. The van der Waals surface area contributed by atoms with Gasteiger partial charge in [-0.25, -0.2) is 19.2 Å². The molecule has 9 heteroatoms. The number of halogens is 1. The average Bonchev–Trinajstić information content (AvgIpc) is 3.48. The summed E-state index contributed by atoms with van der Waals surface area (Å²) in [5, 5.41) is 8.34. The number of rotatable bonds is 7. The predicted octanol–water partition coefficient (Wildman–Crippen LogP) is 4.94. The van der Waals surface area contributed by atoms with Gasteiger partial charge in [-0.3, -0.25) is 10.1 Å². The average molecular weight is 440 g/mol. The Kier molecular flexibility index (Phi) is 6.22. The van der Waals surface area contributed by atoms with E-state index in [9.17, 15) is 14.0 Å². The van der Waals surface area contributed by atoms with E-state index in [2.05, 4.69) is 25.9 Å². The molecule has 0 saturated heterocycles. The largest absolute Gasteiger partial charge is 0.325 e. The molecule has 0 bridgehead atoms. The number of anilines is 3. The summed E-state index contributed by atoms with van der Waals surface area (Å²) in [6.45, 7) is 1.44. The molecule has 0 spiro atoms. The summed E-state index contributed by atoms with van der Waals surface area (Å²) in [6, 6.07) is 8.06. The minimum Gasteiger partial charge on any atom is -0.311 e. The van der Waals surface area contributed by atoms with Crippen LogP contribution in [0.15, 0.2) is 42.7 Å². The Bertz CT molecular complexity index is 1110. The third-order valence-electron chi connectivity index (χ3n) is 4.85. The van der Waals surface area contributed by atoms with Gasteiger partial charge < -0.3 is 10.6 Å². The van der Waals surface area contributed by atoms with E-state index in [0.29, 0.717) is 16.9 Å². The SMILES string of the molecule is CC(=O)Nc1cc(CCc2cnc(NC(=O)Nc3cc(C4CC4)ccc3F)s2)ccn1. The highest BCUT2D eigenvalue weighted by Crippen LogP contribution is 2.41. The van der Waals surface area contributed by atoms with Gasteiger partial charge in [0.15, 0.2) is 5.13 Å². The summed E-state index contributed by atoms with van der Waals surface area (Å²) >= 11 is 1.37. The van der Waals surface area contributed by atoms with Gasteiger partial charge in [0.25, 0.3) is 0 Å². The second kappa shape index (κ2) is 9.22. The van der Waals surface area contributed by atoms with Crippen LogP contribution in [0.2, 0.25) is 0 Å². The molecule has 2 heterocycles. The van der Waals surface area contributed by atoms with Crippen LogP contribution in [0.4, 0.5) is 25.8 Å². The van der Waals surface area contributed by atoms with Crippen molar-refractivity contribution in [3.63, 3.8) is 0 Å². The number of nitrogens with one attached hydrogen (secondary N) is 3. The number of nitrogens with zero attached hydrogens (tertiary/aromatic N) is 2. The third kappa shape index (κ3) is 5.85. The zero-order chi connectivity index (χ0) is 21.8. The van der Waals surface area contributed by atoms with E-state index in [0.717, 1.165) is 41.7 Å². The van der Waals surface area contributed by atoms with Crippen LogP contribution in [-0.4, -0.2) is 21.9 Å². The fraction of sp³-hybridized carbons (Fsp3) is 0.273. The van der Waals surface area contributed by atoms with Gasteiger partial charge in [0.1, 0.15) is 11.6 Å². The lowest BCUT2D eigenvalue weighted by Crippen LogP contribution is -2.20. The lowest BCUT2D eigenvalue weighted by Gasteiger charge is -2.08. The fourth-order valence-corrected chi connectivity index (χ4v) is 3.99. The molecule has 0 unspecified atom stereocenters. The Labute approximate surface area is 183 Å². The van der Waals surface area contributed by atoms with Crippen LogP contribution in [-0.2, 0) is 17.6 Å². The maximum atomic E-state index is 14.0. The summed E-state index contributed by atoms with van der Waals surface area (Å²) in [6.07, 6.45) is 7.04. The molecule has 1 aliphatic rings. The molecule has 3 amide bonds. The molecule has 160 valence electrons. The van der Waals surface area contributed by atoms with Gasteiger partial charge in [-0.05, 0) is 67.0 Å². The number of aryl methyl sites for hydroxylation is 2. The summed E-state index contributed by atoms with van der Waals surface area (Å²) in [5.41, 5.74) is 2.25. The smallest absolute Gasteiger partial charge is 0.311 e. The quantitative estimate of drug-likeness (QED) is 0.486. The molecular weight excluding hydrogens is 417 g/mol.